The number of hydrogen-bond acceptors (Lipinski definition) is 4. The van der Waals surface area contributed by atoms with Crippen LogP contribution in [0, 0.1) is 5.92 Å². The van der Waals surface area contributed by atoms with Crippen molar-refractivity contribution >= 4 is 5.97 Å². The first kappa shape index (κ1) is 14.7. The molecule has 0 aromatic heterocycles. The molecular formula is C15H20O5. The summed E-state index contributed by atoms with van der Waals surface area (Å²) in [6.45, 7) is 1.86. The number of phenols is 2. The van der Waals surface area contributed by atoms with Gasteiger partial charge in [0.1, 0.15) is 11.5 Å². The first-order valence-corrected chi connectivity index (χ1v) is 6.86. The van der Waals surface area contributed by atoms with Gasteiger partial charge in [0.25, 0.3) is 0 Å². The summed E-state index contributed by atoms with van der Waals surface area (Å²) in [5.41, 5.74) is -0.966. The lowest BCUT2D eigenvalue weighted by Gasteiger charge is -2.40. The first-order chi connectivity index (χ1) is 9.38. The molecule has 1 aromatic rings. The number of carboxylic acid groups (broad SMARTS) is 1. The van der Waals surface area contributed by atoms with Crippen LogP contribution in [-0.4, -0.2) is 32.0 Å². The SMILES string of the molecule is CCC1CC(c2ccc(O)cc2O)CCC1(O)C(=O)O. The minimum Gasteiger partial charge on any atom is -0.508 e. The monoisotopic (exact) mass is 280 g/mol. The van der Waals surface area contributed by atoms with Crippen LogP contribution in [0.1, 0.15) is 44.1 Å². The second-order valence-electron chi connectivity index (χ2n) is 5.55. The highest BCUT2D eigenvalue weighted by Crippen LogP contribution is 2.45. The average molecular weight is 280 g/mol. The Morgan fingerprint density at radius 2 is 2.10 bits per heavy atom. The summed E-state index contributed by atoms with van der Waals surface area (Å²) >= 11 is 0. The molecule has 1 fully saturated rings. The number of carbonyl (C=O) groups is 1. The molecule has 3 atom stereocenters. The van der Waals surface area contributed by atoms with Gasteiger partial charge in [0.2, 0.25) is 0 Å². The molecule has 0 radical (unpaired) electrons. The number of aliphatic hydroxyl groups is 1. The number of aliphatic carboxylic acids is 1. The molecule has 0 bridgehead atoms. The lowest BCUT2D eigenvalue weighted by Crippen LogP contribution is -2.49. The molecule has 3 unspecified atom stereocenters. The van der Waals surface area contributed by atoms with Crippen molar-refractivity contribution in [1.29, 1.82) is 0 Å². The molecule has 1 aliphatic carbocycles. The van der Waals surface area contributed by atoms with E-state index in [1.807, 2.05) is 6.92 Å². The zero-order valence-corrected chi connectivity index (χ0v) is 11.4. The molecule has 5 nitrogen and oxygen atoms in total. The van der Waals surface area contributed by atoms with E-state index >= 15 is 0 Å². The molecule has 1 saturated carbocycles. The van der Waals surface area contributed by atoms with Gasteiger partial charge in [-0.3, -0.25) is 0 Å². The van der Waals surface area contributed by atoms with E-state index in [1.165, 1.54) is 12.1 Å². The Hall–Kier alpha value is -1.75. The highest BCUT2D eigenvalue weighted by molar-refractivity contribution is 5.77. The molecule has 1 aliphatic rings. The van der Waals surface area contributed by atoms with Gasteiger partial charge in [-0.25, -0.2) is 4.79 Å². The van der Waals surface area contributed by atoms with Crippen molar-refractivity contribution in [3.63, 3.8) is 0 Å². The molecule has 5 heteroatoms. The molecule has 110 valence electrons. The topological polar surface area (TPSA) is 98.0 Å². The lowest BCUT2D eigenvalue weighted by molar-refractivity contribution is -0.170. The van der Waals surface area contributed by atoms with Crippen LogP contribution in [-0.2, 0) is 4.79 Å². The van der Waals surface area contributed by atoms with Crippen molar-refractivity contribution in [2.24, 2.45) is 5.92 Å². The smallest absolute Gasteiger partial charge is 0.335 e. The predicted octanol–water partition coefficient (Wildman–Crippen LogP) is 2.21. The van der Waals surface area contributed by atoms with E-state index in [-0.39, 0.29) is 29.8 Å². The molecule has 0 spiro atoms. The fourth-order valence-corrected chi connectivity index (χ4v) is 3.20. The summed E-state index contributed by atoms with van der Waals surface area (Å²) in [5, 5.41) is 38.7. The van der Waals surface area contributed by atoms with Gasteiger partial charge in [0.15, 0.2) is 5.60 Å². The van der Waals surface area contributed by atoms with Gasteiger partial charge in [-0.2, -0.15) is 0 Å². The number of benzene rings is 1. The summed E-state index contributed by atoms with van der Waals surface area (Å²) in [4.78, 5) is 11.3. The Morgan fingerprint density at radius 1 is 1.40 bits per heavy atom. The van der Waals surface area contributed by atoms with E-state index in [0.717, 1.165) is 0 Å². The Bertz CT molecular complexity index is 513. The molecule has 0 aliphatic heterocycles. The second-order valence-corrected chi connectivity index (χ2v) is 5.55. The third-order valence-electron chi connectivity index (χ3n) is 4.44. The normalized spacial score (nSPS) is 30.1. The minimum absolute atomic E-state index is 0.000162. The number of phenolic OH excluding ortho intramolecular Hbond substituents is 2. The fraction of sp³-hybridized carbons (Fsp3) is 0.533. The van der Waals surface area contributed by atoms with Crippen LogP contribution >= 0.6 is 0 Å². The molecule has 4 N–H and O–H groups in total. The third-order valence-corrected chi connectivity index (χ3v) is 4.44. The number of carboxylic acids is 1. The summed E-state index contributed by atoms with van der Waals surface area (Å²) in [6.07, 6.45) is 1.75. The van der Waals surface area contributed by atoms with Crippen molar-refractivity contribution in [2.75, 3.05) is 0 Å². The van der Waals surface area contributed by atoms with Crippen LogP contribution in [0.25, 0.3) is 0 Å². The van der Waals surface area contributed by atoms with Gasteiger partial charge in [-0.05, 0) is 49.1 Å². The Morgan fingerprint density at radius 3 is 2.65 bits per heavy atom. The van der Waals surface area contributed by atoms with Gasteiger partial charge < -0.3 is 20.4 Å². The molecule has 20 heavy (non-hydrogen) atoms. The summed E-state index contributed by atoms with van der Waals surface area (Å²) < 4.78 is 0. The lowest BCUT2D eigenvalue weighted by atomic mass is 9.68. The first-order valence-electron chi connectivity index (χ1n) is 6.86. The second kappa shape index (κ2) is 5.32. The van der Waals surface area contributed by atoms with E-state index in [4.69, 9.17) is 0 Å². The summed E-state index contributed by atoms with van der Waals surface area (Å²) in [5.74, 6) is -1.49. The van der Waals surface area contributed by atoms with Crippen LogP contribution < -0.4 is 0 Å². The van der Waals surface area contributed by atoms with Gasteiger partial charge in [-0.15, -0.1) is 0 Å². The molecule has 0 saturated heterocycles. The number of aromatic hydroxyl groups is 2. The predicted molar refractivity (Wildman–Crippen MR) is 72.7 cm³/mol. The van der Waals surface area contributed by atoms with Crippen molar-refractivity contribution in [2.45, 2.75) is 44.1 Å². The maximum absolute atomic E-state index is 11.3. The van der Waals surface area contributed by atoms with E-state index in [0.29, 0.717) is 24.8 Å². The Kier molecular flexibility index (Phi) is 3.90. The zero-order chi connectivity index (χ0) is 14.9. The van der Waals surface area contributed by atoms with Crippen molar-refractivity contribution in [1.82, 2.24) is 0 Å². The van der Waals surface area contributed by atoms with E-state index < -0.39 is 11.6 Å². The molecular weight excluding hydrogens is 260 g/mol. The molecule has 1 aromatic carbocycles. The average Bonchev–Trinajstić information content (AvgIpc) is 2.39. The summed E-state index contributed by atoms with van der Waals surface area (Å²) in [7, 11) is 0. The zero-order valence-electron chi connectivity index (χ0n) is 11.4. The number of rotatable bonds is 3. The largest absolute Gasteiger partial charge is 0.508 e. The summed E-state index contributed by atoms with van der Waals surface area (Å²) in [6, 6.07) is 4.45. The quantitative estimate of drug-likeness (QED) is 0.680. The van der Waals surface area contributed by atoms with E-state index in [9.17, 15) is 25.2 Å². The fourth-order valence-electron chi connectivity index (χ4n) is 3.20. The van der Waals surface area contributed by atoms with Crippen molar-refractivity contribution < 1.29 is 25.2 Å². The van der Waals surface area contributed by atoms with Crippen LogP contribution in [0.2, 0.25) is 0 Å². The van der Waals surface area contributed by atoms with Crippen LogP contribution in [0.4, 0.5) is 0 Å². The standard InChI is InChI=1S/C15H20O5/c1-2-10-7-9(5-6-15(10,20)14(18)19)12-4-3-11(16)8-13(12)17/h3-4,8-10,16-17,20H,2,5-7H2,1H3,(H,18,19). The van der Waals surface area contributed by atoms with Crippen molar-refractivity contribution in [3.05, 3.63) is 23.8 Å². The third kappa shape index (κ3) is 2.45. The van der Waals surface area contributed by atoms with Gasteiger partial charge in [0, 0.05) is 6.07 Å². The van der Waals surface area contributed by atoms with E-state index in [1.54, 1.807) is 6.07 Å². The minimum atomic E-state index is -1.67. The van der Waals surface area contributed by atoms with Crippen LogP contribution in [0.5, 0.6) is 11.5 Å². The highest BCUT2D eigenvalue weighted by atomic mass is 16.4. The van der Waals surface area contributed by atoms with Crippen molar-refractivity contribution in [3.8, 4) is 11.5 Å². The molecule has 0 amide bonds. The van der Waals surface area contributed by atoms with Gasteiger partial charge in [-0.1, -0.05) is 13.0 Å². The maximum Gasteiger partial charge on any atom is 0.335 e. The Labute approximate surface area is 117 Å². The van der Waals surface area contributed by atoms with Gasteiger partial charge in [0.05, 0.1) is 0 Å². The van der Waals surface area contributed by atoms with Crippen LogP contribution in [0.3, 0.4) is 0 Å². The molecule has 0 heterocycles. The Balaban J connectivity index is 2.24. The maximum atomic E-state index is 11.3. The van der Waals surface area contributed by atoms with E-state index in [2.05, 4.69) is 0 Å². The number of hydrogen-bond donors (Lipinski definition) is 4. The molecule has 2 rings (SSSR count). The van der Waals surface area contributed by atoms with Gasteiger partial charge >= 0.3 is 5.97 Å². The van der Waals surface area contributed by atoms with Crippen LogP contribution in [0.15, 0.2) is 18.2 Å². The highest BCUT2D eigenvalue weighted by Gasteiger charge is 2.47.